The number of aromatic amines is 1. The summed E-state index contributed by atoms with van der Waals surface area (Å²) in [7, 11) is -4.38. The van der Waals surface area contributed by atoms with Crippen molar-refractivity contribution in [3.05, 3.63) is 39.1 Å². The fourth-order valence-corrected chi connectivity index (χ4v) is 2.65. The summed E-state index contributed by atoms with van der Waals surface area (Å²) < 4.78 is 31.1. The average molecular weight is 274 g/mol. The number of H-pyrrole nitrogens is 1. The summed E-state index contributed by atoms with van der Waals surface area (Å²) in [6, 6.07) is 3.87. The van der Waals surface area contributed by atoms with E-state index in [2.05, 4.69) is 4.98 Å². The normalized spacial score (nSPS) is 11.9. The van der Waals surface area contributed by atoms with Crippen molar-refractivity contribution in [3.8, 4) is 0 Å². The highest BCUT2D eigenvalue weighted by Crippen LogP contribution is 2.27. The summed E-state index contributed by atoms with van der Waals surface area (Å²) in [6.45, 7) is 1.67. The fourth-order valence-electron chi connectivity index (χ4n) is 1.62. The van der Waals surface area contributed by atoms with Gasteiger partial charge >= 0.3 is 0 Å². The molecule has 0 amide bonds. The molecule has 1 heterocycles. The van der Waals surface area contributed by atoms with Gasteiger partial charge in [0.05, 0.1) is 10.5 Å². The van der Waals surface area contributed by atoms with Gasteiger partial charge in [0, 0.05) is 11.5 Å². The number of nitrogens with one attached hydrogen (secondary N) is 1. The third-order valence-electron chi connectivity index (χ3n) is 2.38. The molecule has 0 aliphatic heterocycles. The molecule has 0 unspecified atom stereocenters. The van der Waals surface area contributed by atoms with Gasteiger partial charge in [0.15, 0.2) is 0 Å². The van der Waals surface area contributed by atoms with Crippen LogP contribution in [-0.4, -0.2) is 18.0 Å². The Balaban J connectivity index is 2.96. The molecule has 90 valence electrons. The van der Waals surface area contributed by atoms with E-state index in [0.29, 0.717) is 16.5 Å². The fraction of sp³-hybridized carbons (Fsp3) is 0.100. The molecular weight excluding hydrogens is 266 g/mol. The zero-order valence-electron chi connectivity index (χ0n) is 8.69. The van der Waals surface area contributed by atoms with Gasteiger partial charge in [-0.15, -0.1) is 0 Å². The van der Waals surface area contributed by atoms with Crippen molar-refractivity contribution in [2.45, 2.75) is 11.8 Å². The van der Waals surface area contributed by atoms with Gasteiger partial charge in [-0.2, -0.15) is 8.42 Å². The number of hydrogen-bond donors (Lipinski definition) is 2. The van der Waals surface area contributed by atoms with Crippen LogP contribution in [0.15, 0.2) is 27.9 Å². The SMILES string of the molecule is Cc1cc(=O)[nH]c2cc(Cl)c(S(=O)(=O)O)cc12. The zero-order chi connectivity index (χ0) is 12.8. The first-order valence-electron chi connectivity index (χ1n) is 4.60. The summed E-state index contributed by atoms with van der Waals surface area (Å²) in [6.07, 6.45) is 0. The van der Waals surface area contributed by atoms with Crippen LogP contribution < -0.4 is 5.56 Å². The molecule has 0 saturated carbocycles. The second-order valence-corrected chi connectivity index (χ2v) is 5.42. The van der Waals surface area contributed by atoms with E-state index >= 15 is 0 Å². The smallest absolute Gasteiger partial charge is 0.296 e. The number of benzene rings is 1. The lowest BCUT2D eigenvalue weighted by Crippen LogP contribution is -2.06. The minimum absolute atomic E-state index is 0.138. The minimum atomic E-state index is -4.38. The largest absolute Gasteiger partial charge is 0.322 e. The van der Waals surface area contributed by atoms with Gasteiger partial charge in [0.25, 0.3) is 10.1 Å². The second-order valence-electron chi connectivity index (χ2n) is 3.62. The maximum atomic E-state index is 11.2. The first-order valence-corrected chi connectivity index (χ1v) is 6.41. The van der Waals surface area contributed by atoms with Crippen molar-refractivity contribution in [1.29, 1.82) is 0 Å². The highest BCUT2D eigenvalue weighted by Gasteiger charge is 2.16. The van der Waals surface area contributed by atoms with Crippen molar-refractivity contribution in [2.75, 3.05) is 0 Å². The maximum absolute atomic E-state index is 11.2. The van der Waals surface area contributed by atoms with Gasteiger partial charge in [0.2, 0.25) is 5.56 Å². The van der Waals surface area contributed by atoms with E-state index in [9.17, 15) is 13.2 Å². The molecular formula is C10H8ClNO4S. The molecule has 2 rings (SSSR count). The van der Waals surface area contributed by atoms with Gasteiger partial charge in [-0.25, -0.2) is 0 Å². The summed E-state index contributed by atoms with van der Waals surface area (Å²) in [5.41, 5.74) is 0.725. The predicted molar refractivity (Wildman–Crippen MR) is 64.1 cm³/mol. The molecule has 17 heavy (non-hydrogen) atoms. The molecule has 1 aromatic heterocycles. The number of aromatic nitrogens is 1. The molecule has 0 spiro atoms. The highest BCUT2D eigenvalue weighted by atomic mass is 35.5. The number of pyridine rings is 1. The van der Waals surface area contributed by atoms with E-state index in [1.165, 1.54) is 18.2 Å². The van der Waals surface area contributed by atoms with Crippen LogP contribution in [-0.2, 0) is 10.1 Å². The molecule has 2 N–H and O–H groups in total. The molecule has 0 saturated heterocycles. The highest BCUT2D eigenvalue weighted by molar-refractivity contribution is 7.86. The maximum Gasteiger partial charge on any atom is 0.296 e. The molecule has 0 atom stereocenters. The van der Waals surface area contributed by atoms with Crippen LogP contribution in [0.25, 0.3) is 10.9 Å². The molecule has 2 aromatic rings. The molecule has 0 radical (unpaired) electrons. The Kier molecular flexibility index (Phi) is 2.73. The Morgan fingerprint density at radius 1 is 1.29 bits per heavy atom. The lowest BCUT2D eigenvalue weighted by atomic mass is 10.1. The Labute approximate surface area is 102 Å². The number of halogens is 1. The summed E-state index contributed by atoms with van der Waals surface area (Å²) in [4.78, 5) is 13.4. The molecule has 5 nitrogen and oxygen atoms in total. The van der Waals surface area contributed by atoms with E-state index in [1.807, 2.05) is 0 Å². The zero-order valence-corrected chi connectivity index (χ0v) is 10.3. The topological polar surface area (TPSA) is 87.2 Å². The van der Waals surface area contributed by atoms with Crippen LogP contribution >= 0.6 is 11.6 Å². The van der Waals surface area contributed by atoms with E-state index < -0.39 is 10.1 Å². The minimum Gasteiger partial charge on any atom is -0.322 e. The van der Waals surface area contributed by atoms with E-state index in [1.54, 1.807) is 6.92 Å². The molecule has 0 aliphatic rings. The van der Waals surface area contributed by atoms with Crippen LogP contribution in [0.4, 0.5) is 0 Å². The Hall–Kier alpha value is -1.37. The standard InChI is InChI=1S/C10H8ClNO4S/c1-5-2-10(13)12-8-4-7(11)9(3-6(5)8)17(14,15)16/h2-4H,1H3,(H,12,13)(H,14,15,16). The molecule has 0 bridgehead atoms. The average Bonchev–Trinajstić information content (AvgIpc) is 2.13. The molecule has 1 aromatic carbocycles. The van der Waals surface area contributed by atoms with E-state index in [-0.39, 0.29) is 15.5 Å². The predicted octanol–water partition coefficient (Wildman–Crippen LogP) is 1.74. The molecule has 0 fully saturated rings. The monoisotopic (exact) mass is 273 g/mol. The lowest BCUT2D eigenvalue weighted by molar-refractivity contribution is 0.483. The van der Waals surface area contributed by atoms with Crippen LogP contribution in [0.1, 0.15) is 5.56 Å². The quantitative estimate of drug-likeness (QED) is 0.775. The number of rotatable bonds is 1. The number of aryl methyl sites for hydroxylation is 1. The Bertz CT molecular complexity index is 764. The van der Waals surface area contributed by atoms with Gasteiger partial charge in [-0.3, -0.25) is 9.35 Å². The van der Waals surface area contributed by atoms with Crippen molar-refractivity contribution in [1.82, 2.24) is 4.98 Å². The summed E-state index contributed by atoms with van der Waals surface area (Å²) in [5, 5.41) is 0.378. The first-order chi connectivity index (χ1) is 7.79. The van der Waals surface area contributed by atoms with Gasteiger partial charge < -0.3 is 4.98 Å². The summed E-state index contributed by atoms with van der Waals surface area (Å²) in [5.74, 6) is 0. The number of hydrogen-bond acceptors (Lipinski definition) is 3. The van der Waals surface area contributed by atoms with Crippen LogP contribution in [0, 0.1) is 6.92 Å². The van der Waals surface area contributed by atoms with E-state index in [0.717, 1.165) is 0 Å². The van der Waals surface area contributed by atoms with Gasteiger partial charge in [-0.1, -0.05) is 11.6 Å². The summed E-state index contributed by atoms with van der Waals surface area (Å²) >= 11 is 5.73. The van der Waals surface area contributed by atoms with Gasteiger partial charge in [0.1, 0.15) is 4.90 Å². The Morgan fingerprint density at radius 3 is 2.53 bits per heavy atom. The van der Waals surface area contributed by atoms with Crippen molar-refractivity contribution in [3.63, 3.8) is 0 Å². The third-order valence-corrected chi connectivity index (χ3v) is 3.70. The van der Waals surface area contributed by atoms with E-state index in [4.69, 9.17) is 16.2 Å². The van der Waals surface area contributed by atoms with Crippen molar-refractivity contribution in [2.24, 2.45) is 0 Å². The second kappa shape index (κ2) is 3.83. The lowest BCUT2D eigenvalue weighted by Gasteiger charge is -2.05. The number of fused-ring (bicyclic) bond motifs is 1. The molecule has 0 aliphatic carbocycles. The van der Waals surface area contributed by atoms with Crippen LogP contribution in [0.2, 0.25) is 5.02 Å². The van der Waals surface area contributed by atoms with Crippen LogP contribution in [0.5, 0.6) is 0 Å². The van der Waals surface area contributed by atoms with Crippen LogP contribution in [0.3, 0.4) is 0 Å². The van der Waals surface area contributed by atoms with Crippen molar-refractivity contribution >= 4 is 32.6 Å². The first kappa shape index (κ1) is 12.1. The van der Waals surface area contributed by atoms with Crippen molar-refractivity contribution < 1.29 is 13.0 Å². The third kappa shape index (κ3) is 2.19. The molecule has 7 heteroatoms. The Morgan fingerprint density at radius 2 is 1.94 bits per heavy atom. The van der Waals surface area contributed by atoms with Gasteiger partial charge in [-0.05, 0) is 24.6 Å².